The molecule has 30 heavy (non-hydrogen) atoms. The predicted molar refractivity (Wildman–Crippen MR) is 117 cm³/mol. The lowest BCUT2D eigenvalue weighted by Gasteiger charge is -2.22. The number of aryl methyl sites for hydroxylation is 1. The Morgan fingerprint density at radius 1 is 1.17 bits per heavy atom. The molecule has 0 saturated heterocycles. The molecule has 0 unspecified atom stereocenters. The minimum atomic E-state index is -0.502. The Balaban J connectivity index is 1.86. The lowest BCUT2D eigenvalue weighted by molar-refractivity contribution is -0.124. The van der Waals surface area contributed by atoms with Crippen molar-refractivity contribution in [2.45, 2.75) is 58.9 Å². The Morgan fingerprint density at radius 2 is 1.90 bits per heavy atom. The summed E-state index contributed by atoms with van der Waals surface area (Å²) >= 11 is 1.25. The number of ether oxygens (including phenoxy) is 2. The number of rotatable bonds is 7. The number of benzene rings is 1. The van der Waals surface area contributed by atoms with Gasteiger partial charge in [0.15, 0.2) is 6.61 Å². The molecular formula is C22H28N2O5S. The van der Waals surface area contributed by atoms with Gasteiger partial charge in [0.05, 0.1) is 11.3 Å². The van der Waals surface area contributed by atoms with E-state index in [9.17, 15) is 14.4 Å². The maximum Gasteiger partial charge on any atom is 0.341 e. The van der Waals surface area contributed by atoms with E-state index in [1.807, 2.05) is 19.1 Å². The van der Waals surface area contributed by atoms with Gasteiger partial charge in [-0.3, -0.25) is 9.59 Å². The second-order valence-corrected chi connectivity index (χ2v) is 8.51. The van der Waals surface area contributed by atoms with E-state index in [0.29, 0.717) is 26.4 Å². The van der Waals surface area contributed by atoms with E-state index in [-0.39, 0.29) is 31.1 Å². The summed E-state index contributed by atoms with van der Waals surface area (Å²) in [5.41, 5.74) is 1.16. The number of carbonyl (C=O) groups excluding carboxylic acids is 3. The van der Waals surface area contributed by atoms with Crippen LogP contribution in [0.4, 0.5) is 5.00 Å². The van der Waals surface area contributed by atoms with Crippen molar-refractivity contribution >= 4 is 44.2 Å². The van der Waals surface area contributed by atoms with Crippen LogP contribution in [-0.2, 0) is 14.3 Å². The van der Waals surface area contributed by atoms with Gasteiger partial charge in [-0.15, -0.1) is 11.3 Å². The van der Waals surface area contributed by atoms with Gasteiger partial charge in [0.1, 0.15) is 16.3 Å². The molecule has 1 aromatic carbocycles. The molecular weight excluding hydrogens is 404 g/mol. The van der Waals surface area contributed by atoms with Crippen LogP contribution in [0.15, 0.2) is 12.1 Å². The van der Waals surface area contributed by atoms with E-state index in [4.69, 9.17) is 9.47 Å². The molecule has 0 radical (unpaired) electrons. The van der Waals surface area contributed by atoms with Crippen LogP contribution in [0.1, 0.15) is 61.9 Å². The smallest absolute Gasteiger partial charge is 0.341 e. The molecule has 1 aliphatic carbocycles. The summed E-state index contributed by atoms with van der Waals surface area (Å²) in [5, 5.41) is 6.80. The highest BCUT2D eigenvalue weighted by molar-refractivity contribution is 7.24. The Hall–Kier alpha value is -2.61. The quantitative estimate of drug-likeness (QED) is 0.641. The van der Waals surface area contributed by atoms with E-state index in [0.717, 1.165) is 31.2 Å². The van der Waals surface area contributed by atoms with Gasteiger partial charge in [0, 0.05) is 18.4 Å². The molecule has 0 spiro atoms. The molecule has 0 atom stereocenters. The first-order valence-corrected chi connectivity index (χ1v) is 11.1. The topological polar surface area (TPSA) is 93.7 Å². The number of esters is 1. The van der Waals surface area contributed by atoms with Crippen LogP contribution in [0.2, 0.25) is 0 Å². The molecule has 2 aromatic rings. The third-order valence-electron chi connectivity index (χ3n) is 5.10. The summed E-state index contributed by atoms with van der Waals surface area (Å²) in [6.45, 7) is 5.13. The molecule has 162 valence electrons. The molecule has 1 fully saturated rings. The van der Waals surface area contributed by atoms with E-state index < -0.39 is 5.97 Å². The molecule has 1 saturated carbocycles. The van der Waals surface area contributed by atoms with Gasteiger partial charge in [0.25, 0.3) is 5.91 Å². The lowest BCUT2D eigenvalue weighted by Crippen LogP contribution is -2.39. The fourth-order valence-corrected chi connectivity index (χ4v) is 5.01. The zero-order valence-electron chi connectivity index (χ0n) is 17.6. The van der Waals surface area contributed by atoms with Gasteiger partial charge in [-0.05, 0) is 32.3 Å². The third kappa shape index (κ3) is 5.11. The molecule has 0 aliphatic heterocycles. The monoisotopic (exact) mass is 432 g/mol. The van der Waals surface area contributed by atoms with Crippen molar-refractivity contribution in [1.29, 1.82) is 0 Å². The van der Waals surface area contributed by atoms with E-state index >= 15 is 0 Å². The average molecular weight is 433 g/mol. The molecule has 1 aliphatic rings. The molecule has 2 amide bonds. The average Bonchev–Trinajstić information content (AvgIpc) is 3.05. The number of hydrogen-bond donors (Lipinski definition) is 2. The number of amides is 2. The first-order valence-electron chi connectivity index (χ1n) is 10.3. The van der Waals surface area contributed by atoms with Crippen molar-refractivity contribution in [2.24, 2.45) is 0 Å². The largest absolute Gasteiger partial charge is 0.482 e. The van der Waals surface area contributed by atoms with Crippen molar-refractivity contribution in [3.63, 3.8) is 0 Å². The van der Waals surface area contributed by atoms with Crippen molar-refractivity contribution < 1.29 is 23.9 Å². The van der Waals surface area contributed by atoms with Gasteiger partial charge in [0.2, 0.25) is 5.91 Å². The second kappa shape index (κ2) is 9.93. The first-order chi connectivity index (χ1) is 14.4. The third-order valence-corrected chi connectivity index (χ3v) is 6.22. The number of anilines is 1. The number of thiophene rings is 1. The van der Waals surface area contributed by atoms with E-state index in [1.165, 1.54) is 24.7 Å². The van der Waals surface area contributed by atoms with Crippen LogP contribution in [0.25, 0.3) is 10.1 Å². The van der Waals surface area contributed by atoms with Gasteiger partial charge in [-0.1, -0.05) is 31.4 Å². The minimum Gasteiger partial charge on any atom is -0.482 e. The number of hydrogen-bond acceptors (Lipinski definition) is 6. The lowest BCUT2D eigenvalue weighted by atomic mass is 9.95. The Bertz CT molecular complexity index is 947. The van der Waals surface area contributed by atoms with Crippen molar-refractivity contribution in [3.05, 3.63) is 23.3 Å². The van der Waals surface area contributed by atoms with E-state index in [2.05, 4.69) is 10.6 Å². The molecule has 0 bridgehead atoms. The standard InChI is InChI=1S/C22H28N2O5S/c1-4-28-22(27)18-16-11-10-13(2)19(20(16)30-21(18)23-14(3)25)29-12-17(26)24-15-8-6-5-7-9-15/h10-11,15H,4-9,12H2,1-3H3,(H,23,25)(H,24,26). The van der Waals surface area contributed by atoms with Gasteiger partial charge in [-0.2, -0.15) is 0 Å². The highest BCUT2D eigenvalue weighted by atomic mass is 32.1. The fourth-order valence-electron chi connectivity index (χ4n) is 3.72. The van der Waals surface area contributed by atoms with E-state index in [1.54, 1.807) is 6.92 Å². The molecule has 3 rings (SSSR count). The fraction of sp³-hybridized carbons (Fsp3) is 0.500. The Morgan fingerprint density at radius 3 is 2.57 bits per heavy atom. The molecule has 1 heterocycles. The maximum atomic E-state index is 12.5. The Kier molecular flexibility index (Phi) is 7.31. The summed E-state index contributed by atoms with van der Waals surface area (Å²) in [4.78, 5) is 36.6. The van der Waals surface area contributed by atoms with Crippen LogP contribution < -0.4 is 15.4 Å². The zero-order chi connectivity index (χ0) is 21.7. The maximum absolute atomic E-state index is 12.5. The van der Waals surface area contributed by atoms with Gasteiger partial charge >= 0.3 is 5.97 Å². The molecule has 2 N–H and O–H groups in total. The van der Waals surface area contributed by atoms with Gasteiger partial charge < -0.3 is 20.1 Å². The molecule has 7 nitrogen and oxygen atoms in total. The summed E-state index contributed by atoms with van der Waals surface area (Å²) in [5.74, 6) is -0.392. The molecule has 8 heteroatoms. The predicted octanol–water partition coefficient (Wildman–Crippen LogP) is 4.17. The minimum absolute atomic E-state index is 0.0986. The normalized spacial score (nSPS) is 14.4. The van der Waals surface area contributed by atoms with Crippen molar-refractivity contribution in [1.82, 2.24) is 5.32 Å². The number of carbonyl (C=O) groups is 3. The van der Waals surface area contributed by atoms with Crippen LogP contribution >= 0.6 is 11.3 Å². The zero-order valence-corrected chi connectivity index (χ0v) is 18.4. The van der Waals surface area contributed by atoms with Crippen molar-refractivity contribution in [3.8, 4) is 5.75 Å². The van der Waals surface area contributed by atoms with Crippen LogP contribution in [0, 0.1) is 6.92 Å². The first kappa shape index (κ1) is 22.1. The summed E-state index contributed by atoms with van der Waals surface area (Å²) < 4.78 is 11.8. The number of nitrogens with one attached hydrogen (secondary N) is 2. The Labute approximate surface area is 180 Å². The van der Waals surface area contributed by atoms with Crippen molar-refractivity contribution in [2.75, 3.05) is 18.5 Å². The summed E-state index contributed by atoms with van der Waals surface area (Å²) in [6.07, 6.45) is 5.52. The van der Waals surface area contributed by atoms with Crippen LogP contribution in [0.5, 0.6) is 5.75 Å². The second-order valence-electron chi connectivity index (χ2n) is 7.49. The highest BCUT2D eigenvalue weighted by Gasteiger charge is 2.24. The summed E-state index contributed by atoms with van der Waals surface area (Å²) in [7, 11) is 0. The SMILES string of the molecule is CCOC(=O)c1c(NC(C)=O)sc2c(OCC(=O)NC3CCCCC3)c(C)ccc12. The van der Waals surface area contributed by atoms with Gasteiger partial charge in [-0.25, -0.2) is 4.79 Å². The van der Waals surface area contributed by atoms with Crippen LogP contribution in [-0.4, -0.2) is 37.0 Å². The highest BCUT2D eigenvalue weighted by Crippen LogP contribution is 2.42. The molecule has 1 aromatic heterocycles. The summed E-state index contributed by atoms with van der Waals surface area (Å²) in [6, 6.07) is 3.87. The van der Waals surface area contributed by atoms with Crippen LogP contribution in [0.3, 0.4) is 0 Å². The number of fused-ring (bicyclic) bond motifs is 1.